The van der Waals surface area contributed by atoms with Crippen LogP contribution < -0.4 is 0 Å². The SMILES string of the molecule is OC(Cc1c(F)cccc1F)c1cccc(F)c1Br. The van der Waals surface area contributed by atoms with Crippen LogP contribution in [0.5, 0.6) is 0 Å². The van der Waals surface area contributed by atoms with Gasteiger partial charge in [-0.3, -0.25) is 0 Å². The molecule has 0 radical (unpaired) electrons. The van der Waals surface area contributed by atoms with Crippen LogP contribution in [0.15, 0.2) is 40.9 Å². The summed E-state index contributed by atoms with van der Waals surface area (Å²) in [4.78, 5) is 0. The smallest absolute Gasteiger partial charge is 0.137 e. The van der Waals surface area contributed by atoms with Crippen molar-refractivity contribution < 1.29 is 18.3 Å². The predicted octanol–water partition coefficient (Wildman–Crippen LogP) is 4.14. The first kappa shape index (κ1) is 14.1. The van der Waals surface area contributed by atoms with Crippen molar-refractivity contribution in [1.29, 1.82) is 0 Å². The molecule has 1 nitrogen and oxygen atoms in total. The van der Waals surface area contributed by atoms with Gasteiger partial charge in [0.25, 0.3) is 0 Å². The molecule has 19 heavy (non-hydrogen) atoms. The van der Waals surface area contributed by atoms with Crippen molar-refractivity contribution in [3.05, 3.63) is 69.4 Å². The molecule has 0 aliphatic heterocycles. The number of hydrogen-bond acceptors (Lipinski definition) is 1. The van der Waals surface area contributed by atoms with Crippen LogP contribution >= 0.6 is 15.9 Å². The maximum atomic E-state index is 13.5. The van der Waals surface area contributed by atoms with Gasteiger partial charge in [-0.15, -0.1) is 0 Å². The molecule has 1 atom stereocenters. The van der Waals surface area contributed by atoms with Crippen molar-refractivity contribution in [2.45, 2.75) is 12.5 Å². The van der Waals surface area contributed by atoms with Crippen LogP contribution in [0.25, 0.3) is 0 Å². The predicted molar refractivity (Wildman–Crippen MR) is 69.1 cm³/mol. The summed E-state index contributed by atoms with van der Waals surface area (Å²) in [6, 6.07) is 7.63. The molecule has 100 valence electrons. The number of aliphatic hydroxyl groups excluding tert-OH is 1. The lowest BCUT2D eigenvalue weighted by atomic mass is 10.0. The molecule has 2 aromatic carbocycles. The summed E-state index contributed by atoms with van der Waals surface area (Å²) in [7, 11) is 0. The summed E-state index contributed by atoms with van der Waals surface area (Å²) in [6.45, 7) is 0. The molecule has 0 heterocycles. The highest BCUT2D eigenvalue weighted by atomic mass is 79.9. The Morgan fingerprint density at radius 2 is 1.47 bits per heavy atom. The molecule has 0 saturated heterocycles. The van der Waals surface area contributed by atoms with Crippen molar-refractivity contribution in [3.63, 3.8) is 0 Å². The molecule has 0 fully saturated rings. The van der Waals surface area contributed by atoms with E-state index in [4.69, 9.17) is 0 Å². The summed E-state index contributed by atoms with van der Waals surface area (Å²) in [6.07, 6.45) is -1.46. The third-order valence-corrected chi connectivity index (χ3v) is 3.64. The Kier molecular flexibility index (Phi) is 4.27. The summed E-state index contributed by atoms with van der Waals surface area (Å²) >= 11 is 3.01. The Morgan fingerprint density at radius 3 is 2.11 bits per heavy atom. The van der Waals surface area contributed by atoms with Gasteiger partial charge in [0.15, 0.2) is 0 Å². The van der Waals surface area contributed by atoms with E-state index < -0.39 is 23.6 Å². The third kappa shape index (κ3) is 2.98. The lowest BCUT2D eigenvalue weighted by Gasteiger charge is -2.14. The van der Waals surface area contributed by atoms with E-state index in [0.717, 1.165) is 12.1 Å². The van der Waals surface area contributed by atoms with Gasteiger partial charge in [0.1, 0.15) is 17.5 Å². The minimum absolute atomic E-state index is 0.0965. The number of rotatable bonds is 3. The van der Waals surface area contributed by atoms with Crippen LogP contribution in [-0.4, -0.2) is 5.11 Å². The van der Waals surface area contributed by atoms with Crippen LogP contribution in [0.2, 0.25) is 0 Å². The molecule has 1 unspecified atom stereocenters. The van der Waals surface area contributed by atoms with Gasteiger partial charge in [-0.05, 0) is 39.7 Å². The summed E-state index contributed by atoms with van der Waals surface area (Å²) in [5.41, 5.74) is 0.0359. The van der Waals surface area contributed by atoms with Gasteiger partial charge in [0.2, 0.25) is 0 Å². The van der Waals surface area contributed by atoms with Crippen LogP contribution in [-0.2, 0) is 6.42 Å². The van der Waals surface area contributed by atoms with E-state index in [1.807, 2.05) is 0 Å². The van der Waals surface area contributed by atoms with Crippen LogP contribution in [0.3, 0.4) is 0 Å². The van der Waals surface area contributed by atoms with E-state index in [1.54, 1.807) is 0 Å². The van der Waals surface area contributed by atoms with Crippen molar-refractivity contribution in [1.82, 2.24) is 0 Å². The Bertz CT molecular complexity index is 581. The monoisotopic (exact) mass is 330 g/mol. The fourth-order valence-electron chi connectivity index (χ4n) is 1.81. The van der Waals surface area contributed by atoms with Gasteiger partial charge in [-0.2, -0.15) is 0 Å². The van der Waals surface area contributed by atoms with E-state index in [0.29, 0.717) is 0 Å². The van der Waals surface area contributed by atoms with Crippen molar-refractivity contribution in [3.8, 4) is 0 Å². The number of halogens is 4. The largest absolute Gasteiger partial charge is 0.388 e. The average Bonchev–Trinajstić information content (AvgIpc) is 2.37. The molecule has 0 aliphatic rings. The standard InChI is InChI=1S/C14H10BrF3O/c15-14-8(3-1-6-12(14)18)13(19)7-9-10(16)4-2-5-11(9)17/h1-6,13,19H,7H2. The fraction of sp³-hybridized carbons (Fsp3) is 0.143. The van der Waals surface area contributed by atoms with Crippen molar-refractivity contribution >= 4 is 15.9 Å². The third-order valence-electron chi connectivity index (χ3n) is 2.80. The van der Waals surface area contributed by atoms with E-state index >= 15 is 0 Å². The second-order valence-electron chi connectivity index (χ2n) is 4.06. The topological polar surface area (TPSA) is 20.2 Å². The minimum atomic E-state index is -1.20. The average molecular weight is 331 g/mol. The van der Waals surface area contributed by atoms with Crippen molar-refractivity contribution in [2.75, 3.05) is 0 Å². The number of benzene rings is 2. The molecular weight excluding hydrogens is 321 g/mol. The Balaban J connectivity index is 2.31. The molecule has 0 spiro atoms. The molecule has 2 aromatic rings. The Morgan fingerprint density at radius 1 is 0.947 bits per heavy atom. The zero-order valence-electron chi connectivity index (χ0n) is 9.71. The fourth-order valence-corrected chi connectivity index (χ4v) is 2.34. The lowest BCUT2D eigenvalue weighted by molar-refractivity contribution is 0.174. The molecule has 1 N–H and O–H groups in total. The molecule has 2 rings (SSSR count). The van der Waals surface area contributed by atoms with Crippen LogP contribution in [0, 0.1) is 17.5 Å². The van der Waals surface area contributed by atoms with Gasteiger partial charge < -0.3 is 5.11 Å². The maximum Gasteiger partial charge on any atom is 0.137 e. The molecule has 0 saturated carbocycles. The Hall–Kier alpha value is -1.33. The molecule has 5 heteroatoms. The first-order chi connectivity index (χ1) is 9.00. The molecule has 0 amide bonds. The van der Waals surface area contributed by atoms with Crippen LogP contribution in [0.4, 0.5) is 13.2 Å². The van der Waals surface area contributed by atoms with Gasteiger partial charge in [-0.1, -0.05) is 18.2 Å². The maximum absolute atomic E-state index is 13.5. The second kappa shape index (κ2) is 5.75. The van der Waals surface area contributed by atoms with Gasteiger partial charge >= 0.3 is 0 Å². The molecule has 0 aromatic heterocycles. The van der Waals surface area contributed by atoms with Crippen molar-refractivity contribution in [2.24, 2.45) is 0 Å². The van der Waals surface area contributed by atoms with E-state index in [1.165, 1.54) is 24.3 Å². The first-order valence-corrected chi connectivity index (χ1v) is 6.35. The summed E-state index contributed by atoms with van der Waals surface area (Å²) in [5, 5.41) is 10.00. The Labute approximate surface area is 116 Å². The minimum Gasteiger partial charge on any atom is -0.388 e. The number of aliphatic hydroxyl groups is 1. The second-order valence-corrected chi connectivity index (χ2v) is 4.86. The van der Waals surface area contributed by atoms with Gasteiger partial charge in [0, 0.05) is 12.0 Å². The highest BCUT2D eigenvalue weighted by Crippen LogP contribution is 2.29. The van der Waals surface area contributed by atoms with E-state index in [9.17, 15) is 18.3 Å². The lowest BCUT2D eigenvalue weighted by Crippen LogP contribution is -2.07. The first-order valence-electron chi connectivity index (χ1n) is 5.55. The quantitative estimate of drug-likeness (QED) is 0.896. The zero-order valence-corrected chi connectivity index (χ0v) is 11.3. The van der Waals surface area contributed by atoms with Gasteiger partial charge in [-0.25, -0.2) is 13.2 Å². The summed E-state index contributed by atoms with van der Waals surface area (Å²) < 4.78 is 40.4. The van der Waals surface area contributed by atoms with E-state index in [2.05, 4.69) is 15.9 Å². The highest BCUT2D eigenvalue weighted by Gasteiger charge is 2.18. The van der Waals surface area contributed by atoms with Gasteiger partial charge in [0.05, 0.1) is 10.6 Å². The molecular formula is C14H10BrF3O. The summed E-state index contributed by atoms with van der Waals surface area (Å²) in [5.74, 6) is -2.00. The molecule has 0 aliphatic carbocycles. The van der Waals surface area contributed by atoms with Crippen LogP contribution in [0.1, 0.15) is 17.2 Å². The zero-order chi connectivity index (χ0) is 14.0. The highest BCUT2D eigenvalue weighted by molar-refractivity contribution is 9.10. The molecule has 0 bridgehead atoms. The normalized spacial score (nSPS) is 12.5. The van der Waals surface area contributed by atoms with E-state index in [-0.39, 0.29) is 22.0 Å². The number of hydrogen-bond donors (Lipinski definition) is 1.